The molecule has 0 aromatic heterocycles. The number of benzene rings is 1. The lowest BCUT2D eigenvalue weighted by Gasteiger charge is -2.36. The van der Waals surface area contributed by atoms with Gasteiger partial charge in [0.25, 0.3) is 0 Å². The number of anilines is 1. The van der Waals surface area contributed by atoms with Crippen LogP contribution < -0.4 is 10.2 Å². The highest BCUT2D eigenvalue weighted by Gasteiger charge is 2.23. The zero-order valence-corrected chi connectivity index (χ0v) is 11.0. The SMILES string of the molecule is CCNC1CCC(N(C)c2ccccc2)CC1. The summed E-state index contributed by atoms with van der Waals surface area (Å²) in [4.78, 5) is 2.45. The van der Waals surface area contributed by atoms with Gasteiger partial charge in [0, 0.05) is 24.8 Å². The molecule has 0 aliphatic heterocycles. The third kappa shape index (κ3) is 3.22. The molecule has 0 atom stereocenters. The minimum atomic E-state index is 0.715. The van der Waals surface area contributed by atoms with Crippen LogP contribution in [0.25, 0.3) is 0 Å². The van der Waals surface area contributed by atoms with Gasteiger partial charge in [0.15, 0.2) is 0 Å². The Morgan fingerprint density at radius 1 is 1.12 bits per heavy atom. The normalized spacial score (nSPS) is 24.6. The zero-order valence-electron chi connectivity index (χ0n) is 11.0. The van der Waals surface area contributed by atoms with Gasteiger partial charge in [-0.25, -0.2) is 0 Å². The van der Waals surface area contributed by atoms with Gasteiger partial charge >= 0.3 is 0 Å². The molecule has 0 radical (unpaired) electrons. The molecular formula is C15H24N2. The third-order valence-corrected chi connectivity index (χ3v) is 3.90. The van der Waals surface area contributed by atoms with Gasteiger partial charge in [-0.05, 0) is 44.4 Å². The third-order valence-electron chi connectivity index (χ3n) is 3.90. The van der Waals surface area contributed by atoms with E-state index in [1.807, 2.05) is 0 Å². The van der Waals surface area contributed by atoms with E-state index in [1.165, 1.54) is 31.4 Å². The first-order chi connectivity index (χ1) is 8.31. The fourth-order valence-electron chi connectivity index (χ4n) is 2.83. The fourth-order valence-corrected chi connectivity index (χ4v) is 2.83. The van der Waals surface area contributed by atoms with Crippen LogP contribution in [0.15, 0.2) is 30.3 Å². The number of hydrogen-bond acceptors (Lipinski definition) is 2. The lowest BCUT2D eigenvalue weighted by atomic mass is 9.90. The largest absolute Gasteiger partial charge is 0.372 e. The summed E-state index contributed by atoms with van der Waals surface area (Å²) >= 11 is 0. The fraction of sp³-hybridized carbons (Fsp3) is 0.600. The molecule has 1 N–H and O–H groups in total. The van der Waals surface area contributed by atoms with Crippen LogP contribution in [0.4, 0.5) is 5.69 Å². The van der Waals surface area contributed by atoms with Crippen molar-refractivity contribution >= 4 is 5.69 Å². The van der Waals surface area contributed by atoms with E-state index in [4.69, 9.17) is 0 Å². The molecule has 1 aliphatic rings. The molecule has 0 amide bonds. The number of hydrogen-bond donors (Lipinski definition) is 1. The van der Waals surface area contributed by atoms with E-state index < -0.39 is 0 Å². The lowest BCUT2D eigenvalue weighted by Crippen LogP contribution is -2.40. The average Bonchev–Trinajstić information content (AvgIpc) is 2.40. The van der Waals surface area contributed by atoms with Gasteiger partial charge in [-0.15, -0.1) is 0 Å². The van der Waals surface area contributed by atoms with Crippen LogP contribution in [-0.4, -0.2) is 25.7 Å². The van der Waals surface area contributed by atoms with Crippen molar-refractivity contribution in [1.82, 2.24) is 5.32 Å². The molecule has 1 aliphatic carbocycles. The Morgan fingerprint density at radius 3 is 2.35 bits per heavy atom. The van der Waals surface area contributed by atoms with Crippen molar-refractivity contribution in [3.63, 3.8) is 0 Å². The van der Waals surface area contributed by atoms with Crippen molar-refractivity contribution < 1.29 is 0 Å². The molecule has 2 rings (SSSR count). The minimum absolute atomic E-state index is 0.715. The number of nitrogens with one attached hydrogen (secondary N) is 1. The van der Waals surface area contributed by atoms with Crippen LogP contribution in [-0.2, 0) is 0 Å². The zero-order chi connectivity index (χ0) is 12.1. The summed E-state index contributed by atoms with van der Waals surface area (Å²) in [6, 6.07) is 12.2. The van der Waals surface area contributed by atoms with E-state index in [9.17, 15) is 0 Å². The summed E-state index contributed by atoms with van der Waals surface area (Å²) in [5.74, 6) is 0. The van der Waals surface area contributed by atoms with Gasteiger partial charge in [0.05, 0.1) is 0 Å². The maximum atomic E-state index is 3.57. The minimum Gasteiger partial charge on any atom is -0.372 e. The van der Waals surface area contributed by atoms with Crippen LogP contribution in [0, 0.1) is 0 Å². The monoisotopic (exact) mass is 232 g/mol. The van der Waals surface area contributed by atoms with E-state index in [0.29, 0.717) is 6.04 Å². The van der Waals surface area contributed by atoms with Crippen LogP contribution >= 0.6 is 0 Å². The summed E-state index contributed by atoms with van der Waals surface area (Å²) in [5, 5.41) is 3.57. The first kappa shape index (κ1) is 12.4. The Morgan fingerprint density at radius 2 is 1.76 bits per heavy atom. The highest BCUT2D eigenvalue weighted by Crippen LogP contribution is 2.26. The second-order valence-electron chi connectivity index (χ2n) is 5.01. The van der Waals surface area contributed by atoms with Crippen molar-refractivity contribution in [2.75, 3.05) is 18.5 Å². The van der Waals surface area contributed by atoms with Crippen molar-refractivity contribution in [1.29, 1.82) is 0 Å². The highest BCUT2D eigenvalue weighted by molar-refractivity contribution is 5.46. The Kier molecular flexibility index (Phi) is 4.43. The molecule has 0 unspecified atom stereocenters. The number of para-hydroxylation sites is 1. The van der Waals surface area contributed by atoms with Gasteiger partial charge in [0.2, 0.25) is 0 Å². The van der Waals surface area contributed by atoms with Crippen molar-refractivity contribution in [3.8, 4) is 0 Å². The molecule has 17 heavy (non-hydrogen) atoms. The number of rotatable bonds is 4. The maximum Gasteiger partial charge on any atom is 0.0366 e. The van der Waals surface area contributed by atoms with Crippen molar-refractivity contribution in [3.05, 3.63) is 30.3 Å². The quantitative estimate of drug-likeness (QED) is 0.858. The molecule has 94 valence electrons. The van der Waals surface area contributed by atoms with Gasteiger partial charge in [0.1, 0.15) is 0 Å². The first-order valence-electron chi connectivity index (χ1n) is 6.82. The first-order valence-corrected chi connectivity index (χ1v) is 6.82. The van der Waals surface area contributed by atoms with E-state index >= 15 is 0 Å². The number of nitrogens with zero attached hydrogens (tertiary/aromatic N) is 1. The van der Waals surface area contributed by atoms with Crippen molar-refractivity contribution in [2.45, 2.75) is 44.7 Å². The van der Waals surface area contributed by atoms with E-state index in [-0.39, 0.29) is 0 Å². The molecule has 0 heterocycles. The summed E-state index contributed by atoms with van der Waals surface area (Å²) in [6.45, 7) is 3.30. The average molecular weight is 232 g/mol. The molecular weight excluding hydrogens is 208 g/mol. The van der Waals surface area contributed by atoms with Crippen LogP contribution in [0.3, 0.4) is 0 Å². The van der Waals surface area contributed by atoms with E-state index in [1.54, 1.807) is 0 Å². The highest BCUT2D eigenvalue weighted by atomic mass is 15.1. The Hall–Kier alpha value is -1.02. The van der Waals surface area contributed by atoms with Crippen molar-refractivity contribution in [2.24, 2.45) is 0 Å². The second-order valence-corrected chi connectivity index (χ2v) is 5.01. The van der Waals surface area contributed by atoms with Crippen LogP contribution in [0.1, 0.15) is 32.6 Å². The van der Waals surface area contributed by atoms with Crippen LogP contribution in [0.5, 0.6) is 0 Å². The molecule has 1 aromatic rings. The molecule has 1 saturated carbocycles. The molecule has 2 nitrogen and oxygen atoms in total. The Labute approximate surface area is 105 Å². The molecule has 0 spiro atoms. The standard InChI is InChI=1S/C15H24N2/c1-3-16-13-9-11-15(12-10-13)17(2)14-7-5-4-6-8-14/h4-8,13,15-16H,3,9-12H2,1-2H3. The smallest absolute Gasteiger partial charge is 0.0366 e. The predicted molar refractivity (Wildman–Crippen MR) is 74.6 cm³/mol. The van der Waals surface area contributed by atoms with Crippen LogP contribution in [0.2, 0.25) is 0 Å². The van der Waals surface area contributed by atoms with Gasteiger partial charge < -0.3 is 10.2 Å². The predicted octanol–water partition coefficient (Wildman–Crippen LogP) is 3.04. The maximum absolute atomic E-state index is 3.57. The molecule has 1 aromatic carbocycles. The Balaban J connectivity index is 1.88. The van der Waals surface area contributed by atoms with E-state index in [0.717, 1.165) is 12.6 Å². The van der Waals surface area contributed by atoms with Gasteiger partial charge in [-0.2, -0.15) is 0 Å². The lowest BCUT2D eigenvalue weighted by molar-refractivity contribution is 0.341. The van der Waals surface area contributed by atoms with Gasteiger partial charge in [-0.3, -0.25) is 0 Å². The summed E-state index contributed by atoms with van der Waals surface area (Å²) in [6.07, 6.45) is 5.25. The summed E-state index contributed by atoms with van der Waals surface area (Å²) in [7, 11) is 2.23. The van der Waals surface area contributed by atoms with Gasteiger partial charge in [-0.1, -0.05) is 25.1 Å². The Bertz CT molecular complexity index is 315. The van der Waals surface area contributed by atoms with E-state index in [2.05, 4.69) is 54.5 Å². The molecule has 2 heteroatoms. The second kappa shape index (κ2) is 6.06. The summed E-state index contributed by atoms with van der Waals surface area (Å²) < 4.78 is 0. The molecule has 1 fully saturated rings. The molecule has 0 bridgehead atoms. The summed E-state index contributed by atoms with van der Waals surface area (Å²) in [5.41, 5.74) is 1.35. The topological polar surface area (TPSA) is 15.3 Å². The molecule has 0 saturated heterocycles.